The standard InChI is InChI=1S/C29H28F2N4O3/c1-17(2)25(32-24(36)15-18-13-20(30)16-21(31)14-18)28(37)34-27-29(38)35(3)23-12-8-7-11-22(23)26(33-27)19-9-5-4-6-10-19/h4-14,16-17,25,27H,15H2,1-3H3,(H,32,36)(H,34,37)/t25-,27?/m0/s1. The second-order valence-corrected chi connectivity index (χ2v) is 9.41. The van der Waals surface area contributed by atoms with Gasteiger partial charge in [0.1, 0.15) is 17.7 Å². The quantitative estimate of drug-likeness (QED) is 0.501. The van der Waals surface area contributed by atoms with Gasteiger partial charge in [0.2, 0.25) is 18.0 Å². The lowest BCUT2D eigenvalue weighted by molar-refractivity contribution is -0.132. The summed E-state index contributed by atoms with van der Waals surface area (Å²) >= 11 is 0. The molecule has 196 valence electrons. The Labute approximate surface area is 219 Å². The van der Waals surface area contributed by atoms with Crippen LogP contribution in [0, 0.1) is 17.6 Å². The summed E-state index contributed by atoms with van der Waals surface area (Å²) in [6, 6.07) is 18.5. The number of likely N-dealkylation sites (N-methyl/N-ethyl adjacent to an activating group) is 1. The number of fused-ring (bicyclic) bond motifs is 1. The van der Waals surface area contributed by atoms with Gasteiger partial charge in [-0.25, -0.2) is 13.8 Å². The van der Waals surface area contributed by atoms with E-state index in [1.54, 1.807) is 20.9 Å². The Hall–Kier alpha value is -4.40. The van der Waals surface area contributed by atoms with E-state index in [9.17, 15) is 23.2 Å². The summed E-state index contributed by atoms with van der Waals surface area (Å²) in [5, 5.41) is 5.32. The number of hydrogen-bond acceptors (Lipinski definition) is 4. The topological polar surface area (TPSA) is 90.9 Å². The third-order valence-electron chi connectivity index (χ3n) is 6.22. The van der Waals surface area contributed by atoms with Crippen LogP contribution in [-0.2, 0) is 20.8 Å². The lowest BCUT2D eigenvalue weighted by atomic mass is 10.0. The fraction of sp³-hybridized carbons (Fsp3) is 0.241. The zero-order valence-corrected chi connectivity index (χ0v) is 21.2. The largest absolute Gasteiger partial charge is 0.344 e. The molecule has 0 saturated carbocycles. The summed E-state index contributed by atoms with van der Waals surface area (Å²) in [5.74, 6) is -3.58. The fourth-order valence-corrected chi connectivity index (χ4v) is 4.32. The number of rotatable bonds is 7. The number of carbonyl (C=O) groups excluding carboxylic acids is 3. The van der Waals surface area contributed by atoms with Crippen LogP contribution >= 0.6 is 0 Å². The molecule has 0 aromatic heterocycles. The predicted octanol–water partition coefficient (Wildman–Crippen LogP) is 3.60. The van der Waals surface area contributed by atoms with Crippen molar-refractivity contribution in [1.29, 1.82) is 0 Å². The number of aliphatic imine (C=N–C) groups is 1. The molecule has 4 rings (SSSR count). The summed E-state index contributed by atoms with van der Waals surface area (Å²) < 4.78 is 27.1. The molecule has 0 spiro atoms. The van der Waals surface area contributed by atoms with E-state index in [4.69, 9.17) is 0 Å². The van der Waals surface area contributed by atoms with Crippen LogP contribution in [0.25, 0.3) is 0 Å². The molecule has 38 heavy (non-hydrogen) atoms. The zero-order valence-electron chi connectivity index (χ0n) is 21.2. The van der Waals surface area contributed by atoms with E-state index in [1.165, 1.54) is 4.90 Å². The van der Waals surface area contributed by atoms with Gasteiger partial charge in [-0.2, -0.15) is 0 Å². The van der Waals surface area contributed by atoms with Crippen molar-refractivity contribution < 1.29 is 23.2 Å². The van der Waals surface area contributed by atoms with Gasteiger partial charge in [-0.3, -0.25) is 14.4 Å². The third-order valence-corrected chi connectivity index (χ3v) is 6.22. The Morgan fingerprint density at radius 2 is 1.61 bits per heavy atom. The number of nitrogens with one attached hydrogen (secondary N) is 2. The van der Waals surface area contributed by atoms with Crippen LogP contribution in [-0.4, -0.2) is 42.7 Å². The second kappa shape index (κ2) is 11.3. The van der Waals surface area contributed by atoms with Gasteiger partial charge in [-0.1, -0.05) is 62.4 Å². The maximum atomic E-state index is 13.5. The van der Waals surface area contributed by atoms with Gasteiger partial charge < -0.3 is 15.5 Å². The monoisotopic (exact) mass is 518 g/mol. The van der Waals surface area contributed by atoms with E-state index in [0.717, 1.165) is 29.3 Å². The molecule has 2 N–H and O–H groups in total. The van der Waals surface area contributed by atoms with Gasteiger partial charge >= 0.3 is 0 Å². The number of carbonyl (C=O) groups is 3. The van der Waals surface area contributed by atoms with E-state index in [0.29, 0.717) is 11.4 Å². The van der Waals surface area contributed by atoms with Gasteiger partial charge in [0.15, 0.2) is 0 Å². The van der Waals surface area contributed by atoms with Crippen LogP contribution in [0.3, 0.4) is 0 Å². The average Bonchev–Trinajstić information content (AvgIpc) is 2.97. The van der Waals surface area contributed by atoms with Crippen molar-refractivity contribution in [3.8, 4) is 0 Å². The number of halogens is 2. The Morgan fingerprint density at radius 3 is 2.26 bits per heavy atom. The minimum absolute atomic E-state index is 0.137. The molecule has 1 aliphatic heterocycles. The summed E-state index contributed by atoms with van der Waals surface area (Å²) in [4.78, 5) is 45.5. The molecule has 3 amide bonds. The number of anilines is 1. The molecule has 0 bridgehead atoms. The maximum Gasteiger partial charge on any atom is 0.272 e. The number of benzene rings is 3. The lowest BCUT2D eigenvalue weighted by Crippen LogP contribution is -2.55. The van der Waals surface area contributed by atoms with Crippen LogP contribution in [0.15, 0.2) is 77.8 Å². The Balaban J connectivity index is 1.59. The third kappa shape index (κ3) is 5.94. The fourth-order valence-electron chi connectivity index (χ4n) is 4.32. The second-order valence-electron chi connectivity index (χ2n) is 9.41. The highest BCUT2D eigenvalue weighted by molar-refractivity contribution is 6.20. The van der Waals surface area contributed by atoms with Crippen molar-refractivity contribution in [2.75, 3.05) is 11.9 Å². The van der Waals surface area contributed by atoms with Crippen molar-refractivity contribution in [1.82, 2.24) is 10.6 Å². The number of benzodiazepines with no additional fused rings is 1. The van der Waals surface area contributed by atoms with Crippen LogP contribution in [0.1, 0.15) is 30.5 Å². The van der Waals surface area contributed by atoms with Crippen molar-refractivity contribution in [3.63, 3.8) is 0 Å². The van der Waals surface area contributed by atoms with Gasteiger partial charge in [0, 0.05) is 24.2 Å². The summed E-state index contributed by atoms with van der Waals surface area (Å²) in [7, 11) is 1.61. The van der Waals surface area contributed by atoms with Gasteiger partial charge in [-0.05, 0) is 29.7 Å². The summed E-state index contributed by atoms with van der Waals surface area (Å²) in [5.41, 5.74) is 2.84. The highest BCUT2D eigenvalue weighted by atomic mass is 19.1. The van der Waals surface area contributed by atoms with Crippen LogP contribution in [0.4, 0.5) is 14.5 Å². The van der Waals surface area contributed by atoms with Crippen molar-refractivity contribution in [2.45, 2.75) is 32.5 Å². The van der Waals surface area contributed by atoms with E-state index < -0.39 is 41.6 Å². The molecule has 1 unspecified atom stereocenters. The molecule has 3 aromatic rings. The summed E-state index contributed by atoms with van der Waals surface area (Å²) in [6.45, 7) is 3.48. The number of hydrogen-bond donors (Lipinski definition) is 2. The van der Waals surface area contributed by atoms with Gasteiger partial charge in [-0.15, -0.1) is 0 Å². The van der Waals surface area contributed by atoms with Crippen LogP contribution in [0.2, 0.25) is 0 Å². The molecule has 0 fully saturated rings. The Bertz CT molecular complexity index is 1370. The Kier molecular flexibility index (Phi) is 7.95. The first kappa shape index (κ1) is 26.7. The molecule has 2 atom stereocenters. The molecular formula is C29H28F2N4O3. The van der Waals surface area contributed by atoms with E-state index in [-0.39, 0.29) is 17.9 Å². The van der Waals surface area contributed by atoms with E-state index in [2.05, 4.69) is 15.6 Å². The van der Waals surface area contributed by atoms with E-state index in [1.807, 2.05) is 54.6 Å². The van der Waals surface area contributed by atoms with Gasteiger partial charge in [0.05, 0.1) is 17.8 Å². The van der Waals surface area contributed by atoms with E-state index >= 15 is 0 Å². The minimum Gasteiger partial charge on any atom is -0.344 e. The predicted molar refractivity (Wildman–Crippen MR) is 141 cm³/mol. The number of nitrogens with zero attached hydrogens (tertiary/aromatic N) is 2. The number of amides is 3. The highest BCUT2D eigenvalue weighted by Gasteiger charge is 2.33. The zero-order chi connectivity index (χ0) is 27.4. The molecule has 1 heterocycles. The Morgan fingerprint density at radius 1 is 0.974 bits per heavy atom. The molecule has 0 aliphatic carbocycles. The van der Waals surface area contributed by atoms with Crippen molar-refractivity contribution in [3.05, 3.63) is 101 Å². The maximum absolute atomic E-state index is 13.5. The molecule has 7 nitrogen and oxygen atoms in total. The molecule has 1 aliphatic rings. The van der Waals surface area contributed by atoms with Crippen molar-refractivity contribution >= 4 is 29.1 Å². The first-order chi connectivity index (χ1) is 18.1. The van der Waals surface area contributed by atoms with Gasteiger partial charge in [0.25, 0.3) is 5.91 Å². The normalized spacial score (nSPS) is 15.8. The molecule has 0 saturated heterocycles. The average molecular weight is 519 g/mol. The molecule has 0 radical (unpaired) electrons. The molecule has 3 aromatic carbocycles. The summed E-state index contributed by atoms with van der Waals surface area (Å²) in [6.07, 6.45) is -1.56. The minimum atomic E-state index is -1.24. The SMILES string of the molecule is CC(C)[C@H](NC(=O)Cc1cc(F)cc(F)c1)C(=O)NC1N=C(c2ccccc2)c2ccccc2N(C)C1=O. The highest BCUT2D eigenvalue weighted by Crippen LogP contribution is 2.27. The molecule has 9 heteroatoms. The van der Waals surface area contributed by atoms with Crippen LogP contribution in [0.5, 0.6) is 0 Å². The first-order valence-electron chi connectivity index (χ1n) is 12.2. The molecular weight excluding hydrogens is 490 g/mol. The number of para-hydroxylation sites is 1. The smallest absolute Gasteiger partial charge is 0.272 e. The lowest BCUT2D eigenvalue weighted by Gasteiger charge is -2.25. The van der Waals surface area contributed by atoms with Crippen LogP contribution < -0.4 is 15.5 Å². The van der Waals surface area contributed by atoms with Crippen molar-refractivity contribution in [2.24, 2.45) is 10.9 Å². The first-order valence-corrected chi connectivity index (χ1v) is 12.2.